The molecule has 2 rings (SSSR count). The number of rotatable bonds is 7. The second-order valence-electron chi connectivity index (χ2n) is 6.42. The molecule has 1 atom stereocenters. The van der Waals surface area contributed by atoms with Gasteiger partial charge >= 0.3 is 0 Å². The van der Waals surface area contributed by atoms with Crippen molar-refractivity contribution in [2.75, 3.05) is 23.0 Å². The van der Waals surface area contributed by atoms with Crippen LogP contribution in [0.3, 0.4) is 0 Å². The van der Waals surface area contributed by atoms with E-state index in [0.29, 0.717) is 23.5 Å². The fourth-order valence-corrected chi connectivity index (χ4v) is 4.11. The molecule has 0 bridgehead atoms. The molecule has 0 fully saturated rings. The largest absolute Gasteiger partial charge is 0.497 e. The summed E-state index contributed by atoms with van der Waals surface area (Å²) < 4.78 is 31.4. The topological polar surface area (TPSA) is 75.7 Å². The Balaban J connectivity index is 2.43. The molecule has 0 aliphatic rings. The van der Waals surface area contributed by atoms with E-state index in [1.54, 1.807) is 31.2 Å². The number of methoxy groups -OCH3 is 1. The highest BCUT2D eigenvalue weighted by Gasteiger charge is 2.32. The van der Waals surface area contributed by atoms with Gasteiger partial charge in [0.2, 0.25) is 15.9 Å². The van der Waals surface area contributed by atoms with Gasteiger partial charge in [0.05, 0.1) is 19.1 Å². The highest BCUT2D eigenvalue weighted by atomic mass is 32.2. The maximum absolute atomic E-state index is 13.0. The zero-order chi connectivity index (χ0) is 20.2. The molecule has 0 aliphatic carbocycles. The first-order valence-corrected chi connectivity index (χ1v) is 10.5. The molecule has 0 spiro atoms. The van der Waals surface area contributed by atoms with Gasteiger partial charge in [-0.15, -0.1) is 0 Å². The highest BCUT2D eigenvalue weighted by Crippen LogP contribution is 2.27. The van der Waals surface area contributed by atoms with Crippen molar-refractivity contribution in [1.29, 1.82) is 0 Å². The number of ether oxygens (including phenoxy) is 1. The van der Waals surface area contributed by atoms with Crippen LogP contribution in [-0.2, 0) is 14.8 Å². The van der Waals surface area contributed by atoms with Crippen molar-refractivity contribution < 1.29 is 17.9 Å². The number of nitrogens with one attached hydrogen (secondary N) is 1. The third-order valence-electron chi connectivity index (χ3n) is 4.50. The molecule has 0 aliphatic heterocycles. The normalized spacial score (nSPS) is 12.3. The molecule has 27 heavy (non-hydrogen) atoms. The standard InChI is InChI=1S/C20H26N2O4S/c1-6-19(20(23)21-18-12-7-9-14(2)15(18)3)22(27(5,24)25)16-10-8-11-17(13-16)26-4/h7-13,19H,6H2,1-5H3,(H,21,23). The number of carbonyl (C=O) groups excluding carboxylic acids is 1. The van der Waals surface area contributed by atoms with E-state index in [2.05, 4.69) is 5.32 Å². The van der Waals surface area contributed by atoms with Crippen LogP contribution in [0, 0.1) is 13.8 Å². The van der Waals surface area contributed by atoms with E-state index in [1.807, 2.05) is 32.0 Å². The zero-order valence-electron chi connectivity index (χ0n) is 16.3. The Morgan fingerprint density at radius 3 is 2.44 bits per heavy atom. The van der Waals surface area contributed by atoms with E-state index >= 15 is 0 Å². The lowest BCUT2D eigenvalue weighted by atomic mass is 10.1. The Hall–Kier alpha value is -2.54. The number of nitrogens with zero attached hydrogens (tertiary/aromatic N) is 1. The Morgan fingerprint density at radius 2 is 1.85 bits per heavy atom. The van der Waals surface area contributed by atoms with Gasteiger partial charge in [0.25, 0.3) is 0 Å². The monoisotopic (exact) mass is 390 g/mol. The van der Waals surface area contributed by atoms with Crippen LogP contribution in [0.4, 0.5) is 11.4 Å². The van der Waals surface area contributed by atoms with Gasteiger partial charge < -0.3 is 10.1 Å². The molecule has 0 saturated carbocycles. The fourth-order valence-electron chi connectivity index (χ4n) is 2.91. The number of carbonyl (C=O) groups is 1. The van der Waals surface area contributed by atoms with E-state index in [0.717, 1.165) is 21.7 Å². The van der Waals surface area contributed by atoms with E-state index < -0.39 is 16.1 Å². The minimum Gasteiger partial charge on any atom is -0.497 e. The molecule has 1 unspecified atom stereocenters. The molecule has 0 aromatic heterocycles. The van der Waals surface area contributed by atoms with Gasteiger partial charge in [-0.05, 0) is 49.6 Å². The lowest BCUT2D eigenvalue weighted by Gasteiger charge is -2.30. The Labute approximate surface area is 161 Å². The average Bonchev–Trinajstić information content (AvgIpc) is 2.62. The van der Waals surface area contributed by atoms with Crippen LogP contribution < -0.4 is 14.4 Å². The summed E-state index contributed by atoms with van der Waals surface area (Å²) in [7, 11) is -2.18. The summed E-state index contributed by atoms with van der Waals surface area (Å²) in [6.07, 6.45) is 1.42. The van der Waals surface area contributed by atoms with Crippen LogP contribution >= 0.6 is 0 Å². The predicted octanol–water partition coefficient (Wildman–Crippen LogP) is 3.50. The maximum Gasteiger partial charge on any atom is 0.248 e. The molecule has 2 aromatic carbocycles. The SMILES string of the molecule is CCC(C(=O)Nc1cccc(C)c1C)N(c1cccc(OC)c1)S(C)(=O)=O. The first-order valence-electron chi connectivity index (χ1n) is 8.69. The van der Waals surface area contributed by atoms with Crippen LogP contribution in [0.1, 0.15) is 24.5 Å². The molecule has 7 heteroatoms. The average molecular weight is 391 g/mol. The number of benzene rings is 2. The molecule has 1 N–H and O–H groups in total. The molecule has 0 saturated heterocycles. The summed E-state index contributed by atoms with van der Waals surface area (Å²) in [5, 5.41) is 2.88. The van der Waals surface area contributed by atoms with Crippen molar-refractivity contribution in [3.63, 3.8) is 0 Å². The minimum absolute atomic E-state index is 0.320. The Morgan fingerprint density at radius 1 is 1.19 bits per heavy atom. The fraction of sp³-hybridized carbons (Fsp3) is 0.350. The summed E-state index contributed by atoms with van der Waals surface area (Å²) in [5.74, 6) is 0.144. The molecular formula is C20H26N2O4S. The lowest BCUT2D eigenvalue weighted by molar-refractivity contribution is -0.117. The van der Waals surface area contributed by atoms with Crippen molar-refractivity contribution in [3.8, 4) is 5.75 Å². The predicted molar refractivity (Wildman–Crippen MR) is 109 cm³/mol. The lowest BCUT2D eigenvalue weighted by Crippen LogP contribution is -2.47. The van der Waals surface area contributed by atoms with Gasteiger partial charge in [-0.25, -0.2) is 8.42 Å². The van der Waals surface area contributed by atoms with Crippen molar-refractivity contribution >= 4 is 27.3 Å². The van der Waals surface area contributed by atoms with Gasteiger partial charge in [-0.2, -0.15) is 0 Å². The van der Waals surface area contributed by atoms with Gasteiger partial charge in [0.1, 0.15) is 11.8 Å². The summed E-state index contributed by atoms with van der Waals surface area (Å²) in [6.45, 7) is 5.66. The van der Waals surface area contributed by atoms with Gasteiger partial charge in [0, 0.05) is 11.8 Å². The molecule has 6 nitrogen and oxygen atoms in total. The van der Waals surface area contributed by atoms with Crippen LogP contribution in [0.15, 0.2) is 42.5 Å². The number of anilines is 2. The first kappa shape index (κ1) is 20.8. The van der Waals surface area contributed by atoms with Gasteiger partial charge in [-0.1, -0.05) is 25.1 Å². The van der Waals surface area contributed by atoms with Crippen molar-refractivity contribution in [1.82, 2.24) is 0 Å². The first-order chi connectivity index (χ1) is 12.7. The second-order valence-corrected chi connectivity index (χ2v) is 8.28. The molecule has 2 aromatic rings. The van der Waals surface area contributed by atoms with Crippen LogP contribution in [0.5, 0.6) is 5.75 Å². The smallest absolute Gasteiger partial charge is 0.248 e. The molecule has 0 radical (unpaired) electrons. The van der Waals surface area contributed by atoms with Crippen LogP contribution in [0.2, 0.25) is 0 Å². The van der Waals surface area contributed by atoms with Crippen LogP contribution in [0.25, 0.3) is 0 Å². The summed E-state index contributed by atoms with van der Waals surface area (Å²) in [4.78, 5) is 13.0. The molecule has 1 amide bonds. The van der Waals surface area contributed by atoms with E-state index in [4.69, 9.17) is 4.74 Å². The van der Waals surface area contributed by atoms with Crippen molar-refractivity contribution in [2.24, 2.45) is 0 Å². The van der Waals surface area contributed by atoms with Gasteiger partial charge in [0.15, 0.2) is 0 Å². The zero-order valence-corrected chi connectivity index (χ0v) is 17.1. The van der Waals surface area contributed by atoms with Crippen LogP contribution in [-0.4, -0.2) is 33.7 Å². The second kappa shape index (κ2) is 8.43. The number of aryl methyl sites for hydroxylation is 1. The quantitative estimate of drug-likeness (QED) is 0.785. The van der Waals surface area contributed by atoms with Gasteiger partial charge in [-0.3, -0.25) is 9.10 Å². The van der Waals surface area contributed by atoms with E-state index in [9.17, 15) is 13.2 Å². The minimum atomic E-state index is -3.69. The Kier molecular flexibility index (Phi) is 6.49. The number of hydrogen-bond acceptors (Lipinski definition) is 4. The van der Waals surface area contributed by atoms with E-state index in [-0.39, 0.29) is 5.91 Å². The maximum atomic E-state index is 13.0. The number of sulfonamides is 1. The van der Waals surface area contributed by atoms with Crippen molar-refractivity contribution in [3.05, 3.63) is 53.6 Å². The highest BCUT2D eigenvalue weighted by molar-refractivity contribution is 7.92. The summed E-state index contributed by atoms with van der Waals surface area (Å²) >= 11 is 0. The third-order valence-corrected chi connectivity index (χ3v) is 5.68. The molecule has 146 valence electrons. The number of amides is 1. The summed E-state index contributed by atoms with van der Waals surface area (Å²) in [6, 6.07) is 11.4. The Bertz CT molecular complexity index is 925. The van der Waals surface area contributed by atoms with E-state index in [1.165, 1.54) is 7.11 Å². The van der Waals surface area contributed by atoms with Crippen molar-refractivity contribution in [2.45, 2.75) is 33.2 Å². The molecular weight excluding hydrogens is 364 g/mol. The summed E-state index contributed by atoms with van der Waals surface area (Å²) in [5.41, 5.74) is 3.07. The third kappa shape index (κ3) is 4.80. The molecule has 0 heterocycles. The number of hydrogen-bond donors (Lipinski definition) is 1.